The van der Waals surface area contributed by atoms with Crippen molar-refractivity contribution in [2.45, 2.75) is 82.2 Å². The average molecular weight is 705 g/mol. The van der Waals surface area contributed by atoms with Crippen molar-refractivity contribution < 1.29 is 32.6 Å². The molecule has 0 saturated carbocycles. The smallest absolute Gasteiger partial charge is 0.410 e. The maximum absolute atomic E-state index is 13.1. The number of hydrogen-bond donors (Lipinski definition) is 4. The lowest BCUT2D eigenvalue weighted by Crippen LogP contribution is -2.34. The van der Waals surface area contributed by atoms with Crippen molar-refractivity contribution in [1.29, 1.82) is 0 Å². The summed E-state index contributed by atoms with van der Waals surface area (Å²) in [6.07, 6.45) is 2.20. The van der Waals surface area contributed by atoms with Gasteiger partial charge in [0, 0.05) is 36.4 Å². The Labute approximate surface area is 291 Å². The molecule has 4 rings (SSSR count). The summed E-state index contributed by atoms with van der Waals surface area (Å²) in [6.45, 7) is 8.34. The Morgan fingerprint density at radius 2 is 1.64 bits per heavy atom. The molecule has 3 aromatic carbocycles. The van der Waals surface area contributed by atoms with Gasteiger partial charge in [-0.15, -0.1) is 0 Å². The van der Waals surface area contributed by atoms with Gasteiger partial charge >= 0.3 is 12.1 Å². The van der Waals surface area contributed by atoms with Crippen molar-refractivity contribution in [2.75, 3.05) is 17.7 Å². The lowest BCUT2D eigenvalue weighted by atomic mass is 10.0. The number of H-pyrrole nitrogens is 1. The average Bonchev–Trinajstić information content (AvgIpc) is 3.03. The monoisotopic (exact) mass is 704 g/mol. The lowest BCUT2D eigenvalue weighted by molar-refractivity contribution is -0.138. The van der Waals surface area contributed by atoms with Gasteiger partial charge in [0.2, 0.25) is 5.91 Å². The first kappa shape index (κ1) is 37.6. The highest BCUT2D eigenvalue weighted by atomic mass is 32.2. The minimum absolute atomic E-state index is 0.0454. The topological polar surface area (TPSA) is 175 Å². The van der Waals surface area contributed by atoms with Crippen molar-refractivity contribution >= 4 is 50.0 Å². The summed E-state index contributed by atoms with van der Waals surface area (Å²) >= 11 is 0. The Morgan fingerprint density at radius 3 is 2.28 bits per heavy atom. The number of benzene rings is 3. The van der Waals surface area contributed by atoms with Crippen LogP contribution in [0.3, 0.4) is 0 Å². The van der Waals surface area contributed by atoms with Crippen molar-refractivity contribution in [1.82, 2.24) is 9.88 Å². The number of carboxylic acids is 1. The number of ether oxygens (including phenoxy) is 1. The number of amides is 2. The van der Waals surface area contributed by atoms with Crippen molar-refractivity contribution in [3.05, 3.63) is 100.0 Å². The molecule has 1 aromatic heterocycles. The van der Waals surface area contributed by atoms with Crippen LogP contribution in [0.15, 0.2) is 82.6 Å². The van der Waals surface area contributed by atoms with E-state index in [-0.39, 0.29) is 29.3 Å². The molecule has 0 bridgehead atoms. The Balaban J connectivity index is 1.38. The van der Waals surface area contributed by atoms with E-state index in [0.29, 0.717) is 40.7 Å². The summed E-state index contributed by atoms with van der Waals surface area (Å²) in [7, 11) is -2.17. The van der Waals surface area contributed by atoms with Gasteiger partial charge in [-0.05, 0) is 106 Å². The van der Waals surface area contributed by atoms with Crippen LogP contribution in [-0.4, -0.2) is 59.3 Å². The van der Waals surface area contributed by atoms with Gasteiger partial charge in [-0.25, -0.2) is 18.0 Å². The van der Waals surface area contributed by atoms with E-state index < -0.39 is 38.8 Å². The van der Waals surface area contributed by atoms with Crippen molar-refractivity contribution in [2.24, 2.45) is 0 Å². The standard InChI is InChI=1S/C37H44N4O8S/c1-23(2)50(47,48)31-17-16-28(20-27(31)22-41(6)36(46)49-37(3,4)5)39-32(42)9-7-8-24-10-12-26(13-11-24)33(35(44)45)40-29-15-14-25-18-19-38-34(43)30(25)21-29/h10-21,23,33,40H,7-9,22H2,1-6H3,(H,38,43)(H,39,42)(H,44,45). The second-order valence-electron chi connectivity index (χ2n) is 13.4. The van der Waals surface area contributed by atoms with E-state index in [1.165, 1.54) is 24.1 Å². The first-order valence-electron chi connectivity index (χ1n) is 16.2. The highest BCUT2D eigenvalue weighted by Gasteiger charge is 2.26. The van der Waals surface area contributed by atoms with E-state index in [1.54, 1.807) is 83.3 Å². The van der Waals surface area contributed by atoms with Gasteiger partial charge in [0.1, 0.15) is 5.60 Å². The maximum atomic E-state index is 13.1. The van der Waals surface area contributed by atoms with Gasteiger partial charge in [0.05, 0.1) is 16.7 Å². The Kier molecular flexibility index (Phi) is 11.7. The van der Waals surface area contributed by atoms with E-state index in [9.17, 15) is 32.7 Å². The largest absolute Gasteiger partial charge is 0.479 e. The summed E-state index contributed by atoms with van der Waals surface area (Å²) in [6, 6.07) is 17.4. The zero-order valence-corrected chi connectivity index (χ0v) is 29.9. The number of carboxylic acid groups (broad SMARTS) is 1. The molecule has 4 N–H and O–H groups in total. The Hall–Kier alpha value is -5.17. The summed E-state index contributed by atoms with van der Waals surface area (Å²) in [5.74, 6) is -1.34. The van der Waals surface area contributed by atoms with Gasteiger partial charge in [0.25, 0.3) is 5.56 Å². The van der Waals surface area contributed by atoms with Crippen molar-refractivity contribution in [3.63, 3.8) is 0 Å². The number of sulfone groups is 1. The first-order valence-corrected chi connectivity index (χ1v) is 17.8. The molecule has 12 nitrogen and oxygen atoms in total. The number of hydrogen-bond acceptors (Lipinski definition) is 8. The number of aliphatic carboxylic acids is 1. The third-order valence-corrected chi connectivity index (χ3v) is 10.2. The van der Waals surface area contributed by atoms with Crippen LogP contribution in [0.2, 0.25) is 0 Å². The van der Waals surface area contributed by atoms with Crippen LogP contribution in [0.25, 0.3) is 10.8 Å². The van der Waals surface area contributed by atoms with Gasteiger partial charge in [-0.2, -0.15) is 0 Å². The minimum Gasteiger partial charge on any atom is -0.479 e. The molecule has 1 unspecified atom stereocenters. The second kappa shape index (κ2) is 15.6. The third kappa shape index (κ3) is 9.71. The number of nitrogens with one attached hydrogen (secondary N) is 3. The molecular formula is C37H44N4O8S. The van der Waals surface area contributed by atoms with Gasteiger partial charge in [0.15, 0.2) is 15.9 Å². The molecule has 0 fully saturated rings. The van der Waals surface area contributed by atoms with Gasteiger partial charge in [-0.1, -0.05) is 30.3 Å². The van der Waals surface area contributed by atoms with Crippen LogP contribution in [0.1, 0.15) is 70.2 Å². The van der Waals surface area contributed by atoms with E-state index in [2.05, 4.69) is 15.6 Å². The molecule has 0 spiro atoms. The molecule has 1 heterocycles. The molecular weight excluding hydrogens is 660 g/mol. The van der Waals surface area contributed by atoms with E-state index in [0.717, 1.165) is 10.9 Å². The normalized spacial score (nSPS) is 12.4. The van der Waals surface area contributed by atoms with E-state index in [1.807, 2.05) is 12.1 Å². The molecule has 0 aliphatic rings. The van der Waals surface area contributed by atoms with Crippen molar-refractivity contribution in [3.8, 4) is 0 Å². The lowest BCUT2D eigenvalue weighted by Gasteiger charge is -2.25. The number of rotatable bonds is 13. The first-order chi connectivity index (χ1) is 23.4. The SMILES string of the molecule is CC(C)S(=O)(=O)c1ccc(NC(=O)CCCc2ccc(C(Nc3ccc4cc[nH]c(=O)c4c3)C(=O)O)cc2)cc1CN(C)C(=O)OC(C)(C)C. The molecule has 13 heteroatoms. The molecule has 0 aliphatic heterocycles. The molecule has 1 atom stereocenters. The van der Waals surface area contributed by atoms with Crippen LogP contribution >= 0.6 is 0 Å². The summed E-state index contributed by atoms with van der Waals surface area (Å²) in [5.41, 5.74) is 1.70. The number of anilines is 2. The minimum atomic E-state index is -3.68. The summed E-state index contributed by atoms with van der Waals surface area (Å²) in [5, 5.41) is 16.3. The van der Waals surface area contributed by atoms with E-state index >= 15 is 0 Å². The fraction of sp³-hybridized carbons (Fsp3) is 0.351. The predicted molar refractivity (Wildman–Crippen MR) is 193 cm³/mol. The maximum Gasteiger partial charge on any atom is 0.410 e. The number of aromatic nitrogens is 1. The molecule has 2 amide bonds. The van der Waals surface area contributed by atoms with Crippen LogP contribution < -0.4 is 16.2 Å². The molecule has 0 saturated heterocycles. The highest BCUT2D eigenvalue weighted by Crippen LogP contribution is 2.27. The highest BCUT2D eigenvalue weighted by molar-refractivity contribution is 7.92. The number of aromatic amines is 1. The van der Waals surface area contributed by atoms with Crippen LogP contribution in [0.5, 0.6) is 0 Å². The van der Waals surface area contributed by atoms with Crippen LogP contribution in [0, 0.1) is 0 Å². The number of carbonyl (C=O) groups excluding carboxylic acids is 2. The fourth-order valence-corrected chi connectivity index (χ4v) is 6.51. The molecule has 4 aromatic rings. The Morgan fingerprint density at radius 1 is 0.960 bits per heavy atom. The van der Waals surface area contributed by atoms with Crippen LogP contribution in [-0.2, 0) is 37.1 Å². The summed E-state index contributed by atoms with van der Waals surface area (Å²) < 4.78 is 31.6. The number of nitrogens with zero attached hydrogens (tertiary/aromatic N) is 1. The third-order valence-electron chi connectivity index (χ3n) is 7.90. The fourth-order valence-electron chi connectivity index (χ4n) is 5.25. The predicted octanol–water partition coefficient (Wildman–Crippen LogP) is 6.28. The molecule has 266 valence electrons. The zero-order chi connectivity index (χ0) is 36.8. The van der Waals surface area contributed by atoms with Gasteiger partial charge < -0.3 is 30.4 Å². The van der Waals surface area contributed by atoms with E-state index in [4.69, 9.17) is 4.74 Å². The Bertz CT molecular complexity index is 2030. The van der Waals surface area contributed by atoms with Gasteiger partial charge in [-0.3, -0.25) is 9.59 Å². The summed E-state index contributed by atoms with van der Waals surface area (Å²) in [4.78, 5) is 53.8. The zero-order valence-electron chi connectivity index (χ0n) is 29.1. The number of fused-ring (bicyclic) bond motifs is 1. The molecule has 0 aliphatic carbocycles. The number of aryl methyl sites for hydroxylation is 1. The quantitative estimate of drug-likeness (QED) is 0.125. The number of carbonyl (C=O) groups is 3. The molecule has 50 heavy (non-hydrogen) atoms. The molecule has 0 radical (unpaired) electrons. The van der Waals surface area contributed by atoms with Crippen LogP contribution in [0.4, 0.5) is 16.2 Å². The number of pyridine rings is 1. The second-order valence-corrected chi connectivity index (χ2v) is 15.9.